The summed E-state index contributed by atoms with van der Waals surface area (Å²) in [5.74, 6) is -3.59. The Balaban J connectivity index is 1.37. The standard InChI is InChI=1S/C29H18BrF3N4O6S2/c30-16-5-1-3-14(11-16)21-22-23(26(40)36(25(22)39)18-7-9-19(10-8-18)37(42)43)44-27-24(21)45-28(41)35(27)13-20(38)34-17-6-2-4-15(12-17)29(31,32)33/h1-12,21-23H,13H2,(H,34,38). The number of amides is 3. The third kappa shape index (κ3) is 5.68. The number of halogens is 4. The molecule has 10 nitrogen and oxygen atoms in total. The maximum Gasteiger partial charge on any atom is 0.416 e. The molecule has 230 valence electrons. The molecule has 2 aliphatic rings. The number of anilines is 2. The average molecular weight is 720 g/mol. The molecule has 3 aromatic carbocycles. The number of benzene rings is 3. The molecule has 3 unspecified atom stereocenters. The SMILES string of the molecule is O=C(Cn1c2c(sc1=O)C(c1cccc(Br)c1)C1C(=O)N(c3ccc([N+](=O)[O-])cc3)C(=O)C1S2)Nc1cccc(C(F)(F)F)c1. The number of carbonyl (C=O) groups is 3. The van der Waals surface area contributed by atoms with E-state index in [1.54, 1.807) is 24.3 Å². The lowest BCUT2D eigenvalue weighted by Gasteiger charge is -2.30. The van der Waals surface area contributed by atoms with Crippen LogP contribution in [0.2, 0.25) is 0 Å². The molecule has 2 aliphatic heterocycles. The number of rotatable bonds is 6. The zero-order chi connectivity index (χ0) is 32.2. The summed E-state index contributed by atoms with van der Waals surface area (Å²) in [5.41, 5.74) is -0.492. The van der Waals surface area contributed by atoms with Gasteiger partial charge in [0.05, 0.1) is 27.1 Å². The van der Waals surface area contributed by atoms with Crippen molar-refractivity contribution < 1.29 is 32.5 Å². The molecule has 1 saturated heterocycles. The van der Waals surface area contributed by atoms with Crippen LogP contribution in [0, 0.1) is 16.0 Å². The summed E-state index contributed by atoms with van der Waals surface area (Å²) >= 11 is 5.21. The molecular weight excluding hydrogens is 701 g/mol. The van der Waals surface area contributed by atoms with Crippen molar-refractivity contribution in [3.8, 4) is 0 Å². The Morgan fingerprint density at radius 2 is 1.71 bits per heavy atom. The summed E-state index contributed by atoms with van der Waals surface area (Å²) in [6.45, 7) is -0.551. The van der Waals surface area contributed by atoms with Crippen molar-refractivity contribution in [2.75, 3.05) is 10.2 Å². The minimum Gasteiger partial charge on any atom is -0.325 e. The van der Waals surface area contributed by atoms with Crippen LogP contribution < -0.4 is 15.1 Å². The van der Waals surface area contributed by atoms with Crippen molar-refractivity contribution in [3.63, 3.8) is 0 Å². The number of carbonyl (C=O) groups excluding carboxylic acids is 3. The number of imide groups is 1. The maximum absolute atomic E-state index is 13.9. The second kappa shape index (κ2) is 11.6. The fourth-order valence-electron chi connectivity index (χ4n) is 5.41. The molecule has 4 aromatic rings. The number of thiazole rings is 1. The fraction of sp³-hybridized carbons (Fsp3) is 0.172. The first-order chi connectivity index (χ1) is 21.3. The largest absolute Gasteiger partial charge is 0.416 e. The van der Waals surface area contributed by atoms with Gasteiger partial charge in [0, 0.05) is 33.1 Å². The van der Waals surface area contributed by atoms with Gasteiger partial charge in [-0.25, -0.2) is 4.90 Å². The number of thioether (sulfide) groups is 1. The van der Waals surface area contributed by atoms with Gasteiger partial charge in [0.25, 0.3) is 5.69 Å². The number of nitrogens with one attached hydrogen (secondary N) is 1. The summed E-state index contributed by atoms with van der Waals surface area (Å²) in [5, 5.41) is 12.8. The second-order valence-corrected chi connectivity index (χ2v) is 13.2. The first kappa shape index (κ1) is 30.7. The number of aromatic nitrogens is 1. The van der Waals surface area contributed by atoms with Crippen molar-refractivity contribution in [1.82, 2.24) is 4.57 Å². The predicted molar refractivity (Wildman–Crippen MR) is 163 cm³/mol. The smallest absolute Gasteiger partial charge is 0.325 e. The van der Waals surface area contributed by atoms with Gasteiger partial charge in [0.2, 0.25) is 17.7 Å². The van der Waals surface area contributed by atoms with E-state index in [1.807, 2.05) is 0 Å². The van der Waals surface area contributed by atoms with Crippen LogP contribution in [0.1, 0.15) is 21.9 Å². The van der Waals surface area contributed by atoms with E-state index in [0.717, 1.165) is 50.8 Å². The van der Waals surface area contributed by atoms with Gasteiger partial charge in [-0.15, -0.1) is 0 Å². The molecule has 1 N–H and O–H groups in total. The molecular formula is C29H18BrF3N4O6S2. The molecule has 1 fully saturated rings. The Kier molecular flexibility index (Phi) is 7.91. The number of hydrogen-bond acceptors (Lipinski definition) is 8. The summed E-state index contributed by atoms with van der Waals surface area (Å²) in [6.07, 6.45) is -4.62. The van der Waals surface area contributed by atoms with Gasteiger partial charge >= 0.3 is 11.0 Å². The van der Waals surface area contributed by atoms with Crippen LogP contribution >= 0.6 is 39.0 Å². The Labute approximate surface area is 268 Å². The van der Waals surface area contributed by atoms with Crippen LogP contribution in [-0.4, -0.2) is 32.5 Å². The number of nitrogens with zero attached hydrogens (tertiary/aromatic N) is 3. The van der Waals surface area contributed by atoms with E-state index in [2.05, 4.69) is 21.2 Å². The molecule has 3 heterocycles. The Hall–Kier alpha value is -4.28. The fourth-order valence-corrected chi connectivity index (χ4v) is 8.60. The van der Waals surface area contributed by atoms with Crippen molar-refractivity contribution in [2.45, 2.75) is 28.9 Å². The van der Waals surface area contributed by atoms with Crippen LogP contribution in [0.15, 0.2) is 87.1 Å². The quantitative estimate of drug-likeness (QED) is 0.146. The van der Waals surface area contributed by atoms with Gasteiger partial charge in [-0.1, -0.05) is 57.2 Å². The topological polar surface area (TPSA) is 132 Å². The van der Waals surface area contributed by atoms with E-state index in [0.29, 0.717) is 19.9 Å². The highest BCUT2D eigenvalue weighted by Crippen LogP contribution is 2.54. The Morgan fingerprint density at radius 3 is 2.38 bits per heavy atom. The lowest BCUT2D eigenvalue weighted by Crippen LogP contribution is -2.33. The molecule has 0 bridgehead atoms. The second-order valence-electron chi connectivity index (χ2n) is 10.1. The lowest BCUT2D eigenvalue weighted by atomic mass is 9.83. The molecule has 0 saturated carbocycles. The van der Waals surface area contributed by atoms with Crippen molar-refractivity contribution in [3.05, 3.63) is 113 Å². The third-order valence-corrected chi connectivity index (χ3v) is 10.4. The summed E-state index contributed by atoms with van der Waals surface area (Å²) < 4.78 is 41.3. The molecule has 1 aromatic heterocycles. The van der Waals surface area contributed by atoms with Crippen LogP contribution in [0.25, 0.3) is 0 Å². The molecule has 6 rings (SSSR count). The summed E-state index contributed by atoms with van der Waals surface area (Å²) in [6, 6.07) is 16.1. The van der Waals surface area contributed by atoms with Crippen LogP contribution in [0.3, 0.4) is 0 Å². The molecule has 0 radical (unpaired) electrons. The number of hydrogen-bond donors (Lipinski definition) is 1. The van der Waals surface area contributed by atoms with E-state index in [-0.39, 0.29) is 17.1 Å². The Morgan fingerprint density at radius 1 is 1.00 bits per heavy atom. The number of nitro benzene ring substituents is 1. The minimum absolute atomic E-state index is 0.109. The molecule has 0 spiro atoms. The van der Waals surface area contributed by atoms with E-state index in [9.17, 15) is 42.5 Å². The third-order valence-electron chi connectivity index (χ3n) is 7.35. The summed E-state index contributed by atoms with van der Waals surface area (Å²) in [7, 11) is 0. The maximum atomic E-state index is 13.9. The number of nitro groups is 1. The van der Waals surface area contributed by atoms with Gasteiger partial charge in [0.1, 0.15) is 11.8 Å². The number of fused-ring (bicyclic) bond motifs is 2. The zero-order valence-corrected chi connectivity index (χ0v) is 25.7. The first-order valence-corrected chi connectivity index (χ1v) is 15.6. The number of alkyl halides is 3. The lowest BCUT2D eigenvalue weighted by molar-refractivity contribution is -0.384. The van der Waals surface area contributed by atoms with E-state index in [1.165, 1.54) is 30.3 Å². The molecule has 45 heavy (non-hydrogen) atoms. The van der Waals surface area contributed by atoms with Crippen molar-refractivity contribution in [1.29, 1.82) is 0 Å². The van der Waals surface area contributed by atoms with Gasteiger partial charge in [-0.2, -0.15) is 13.2 Å². The van der Waals surface area contributed by atoms with E-state index >= 15 is 0 Å². The van der Waals surface area contributed by atoms with Crippen LogP contribution in [0.4, 0.5) is 30.2 Å². The highest BCUT2D eigenvalue weighted by molar-refractivity contribution is 9.10. The molecule has 3 atom stereocenters. The zero-order valence-electron chi connectivity index (χ0n) is 22.5. The molecule has 16 heteroatoms. The highest BCUT2D eigenvalue weighted by atomic mass is 79.9. The van der Waals surface area contributed by atoms with E-state index in [4.69, 9.17) is 0 Å². The van der Waals surface area contributed by atoms with Crippen molar-refractivity contribution >= 4 is 73.8 Å². The van der Waals surface area contributed by atoms with Crippen LogP contribution in [0.5, 0.6) is 0 Å². The molecule has 3 amide bonds. The van der Waals surface area contributed by atoms with E-state index < -0.39 is 62.9 Å². The van der Waals surface area contributed by atoms with Crippen LogP contribution in [-0.2, 0) is 27.1 Å². The number of non-ortho nitro benzene ring substituents is 1. The first-order valence-electron chi connectivity index (χ1n) is 13.1. The predicted octanol–water partition coefficient (Wildman–Crippen LogP) is 6.03. The van der Waals surface area contributed by atoms with Gasteiger partial charge in [-0.05, 0) is 48.0 Å². The molecule has 0 aliphatic carbocycles. The van der Waals surface area contributed by atoms with Gasteiger partial charge in [0.15, 0.2) is 0 Å². The average Bonchev–Trinajstić information content (AvgIpc) is 3.43. The summed E-state index contributed by atoms with van der Waals surface area (Å²) in [4.78, 5) is 65.4. The Bertz CT molecular complexity index is 1950. The van der Waals surface area contributed by atoms with Crippen molar-refractivity contribution in [2.24, 2.45) is 5.92 Å². The van der Waals surface area contributed by atoms with Gasteiger partial charge < -0.3 is 5.32 Å². The van der Waals surface area contributed by atoms with Gasteiger partial charge in [-0.3, -0.25) is 33.9 Å². The minimum atomic E-state index is -4.62. The normalized spacial score (nSPS) is 19.3. The monoisotopic (exact) mass is 718 g/mol. The highest BCUT2D eigenvalue weighted by Gasteiger charge is 2.57.